The van der Waals surface area contributed by atoms with Gasteiger partial charge in [0.15, 0.2) is 0 Å². The molecule has 1 unspecified atom stereocenters. The maximum Gasteiger partial charge on any atom is 0.0826 e. The van der Waals surface area contributed by atoms with Gasteiger partial charge in [-0.25, -0.2) is 0 Å². The highest BCUT2D eigenvalue weighted by Crippen LogP contribution is 2.48. The Hall–Kier alpha value is -0.590. The molecule has 9 heavy (non-hydrogen) atoms. The molecule has 0 aromatic rings. The van der Waals surface area contributed by atoms with E-state index in [2.05, 4.69) is 11.1 Å². The van der Waals surface area contributed by atoms with Crippen molar-refractivity contribution in [1.82, 2.24) is 0 Å². The molecule has 0 spiro atoms. The fourth-order valence-corrected chi connectivity index (χ4v) is 1.85. The van der Waals surface area contributed by atoms with Gasteiger partial charge in [-0.3, -0.25) is 4.99 Å². The normalized spacial score (nSPS) is 39.0. The van der Waals surface area contributed by atoms with Crippen LogP contribution in [-0.2, 0) is 0 Å². The SMILES string of the molecule is CC=NC12C=C(CC1)C2. The third-order valence-corrected chi connectivity index (χ3v) is 2.27. The summed E-state index contributed by atoms with van der Waals surface area (Å²) in [5.41, 5.74) is 1.92. The summed E-state index contributed by atoms with van der Waals surface area (Å²) in [5.74, 6) is 0. The Kier molecular flexibility index (Phi) is 0.850. The molecule has 0 aliphatic heterocycles. The number of fused-ring (bicyclic) bond motifs is 1. The van der Waals surface area contributed by atoms with Crippen LogP contribution >= 0.6 is 0 Å². The smallest absolute Gasteiger partial charge is 0.0826 e. The Morgan fingerprint density at radius 1 is 1.78 bits per heavy atom. The number of rotatable bonds is 1. The standard InChI is InChI=1S/C8H11N/c1-2-9-8-4-3-7(5-8)6-8/h2,5H,3-4,6H2,1H3. The van der Waals surface area contributed by atoms with Crippen LogP contribution in [0, 0.1) is 0 Å². The molecule has 0 radical (unpaired) electrons. The zero-order chi connectivity index (χ0) is 6.32. The van der Waals surface area contributed by atoms with Crippen LogP contribution in [0.25, 0.3) is 0 Å². The van der Waals surface area contributed by atoms with Gasteiger partial charge in [0.2, 0.25) is 0 Å². The second-order valence-electron chi connectivity index (χ2n) is 2.97. The predicted molar refractivity (Wildman–Crippen MR) is 38.8 cm³/mol. The number of aliphatic imine (C=N–C) groups is 1. The third kappa shape index (κ3) is 0.576. The largest absolute Gasteiger partial charge is 0.287 e. The van der Waals surface area contributed by atoms with Gasteiger partial charge in [-0.1, -0.05) is 11.6 Å². The first-order valence-electron chi connectivity index (χ1n) is 3.55. The summed E-state index contributed by atoms with van der Waals surface area (Å²) in [5, 5.41) is 0. The lowest BCUT2D eigenvalue weighted by molar-refractivity contribution is 0.538. The number of hydrogen-bond acceptors (Lipinski definition) is 1. The monoisotopic (exact) mass is 121 g/mol. The van der Waals surface area contributed by atoms with Crippen molar-refractivity contribution < 1.29 is 0 Å². The van der Waals surface area contributed by atoms with Crippen LogP contribution in [-0.4, -0.2) is 11.8 Å². The summed E-state index contributed by atoms with van der Waals surface area (Å²) >= 11 is 0. The summed E-state index contributed by atoms with van der Waals surface area (Å²) in [7, 11) is 0. The van der Waals surface area contributed by atoms with E-state index in [4.69, 9.17) is 0 Å². The molecule has 3 aliphatic rings. The van der Waals surface area contributed by atoms with Crippen LogP contribution in [0.3, 0.4) is 0 Å². The van der Waals surface area contributed by atoms with Crippen LogP contribution in [0.4, 0.5) is 0 Å². The maximum atomic E-state index is 4.42. The van der Waals surface area contributed by atoms with Crippen LogP contribution in [0.1, 0.15) is 26.2 Å². The van der Waals surface area contributed by atoms with Crippen LogP contribution in [0.5, 0.6) is 0 Å². The molecule has 1 fully saturated rings. The van der Waals surface area contributed by atoms with Crippen molar-refractivity contribution in [2.45, 2.75) is 31.7 Å². The van der Waals surface area contributed by atoms with Crippen molar-refractivity contribution in [1.29, 1.82) is 0 Å². The molecule has 1 saturated carbocycles. The molecule has 2 bridgehead atoms. The minimum Gasteiger partial charge on any atom is -0.287 e. The molecule has 1 heteroatoms. The minimum absolute atomic E-state index is 0.296. The zero-order valence-corrected chi connectivity index (χ0v) is 5.72. The van der Waals surface area contributed by atoms with Crippen molar-refractivity contribution in [2.24, 2.45) is 4.99 Å². The van der Waals surface area contributed by atoms with Gasteiger partial charge >= 0.3 is 0 Å². The van der Waals surface area contributed by atoms with Gasteiger partial charge in [0.25, 0.3) is 0 Å². The van der Waals surface area contributed by atoms with Crippen LogP contribution in [0.15, 0.2) is 16.6 Å². The summed E-state index contributed by atoms with van der Waals surface area (Å²) < 4.78 is 0. The molecule has 1 nitrogen and oxygen atoms in total. The average Bonchev–Trinajstić information content (AvgIpc) is 2.22. The lowest BCUT2D eigenvalue weighted by Crippen LogP contribution is -2.23. The van der Waals surface area contributed by atoms with Crippen molar-refractivity contribution in [3.8, 4) is 0 Å². The van der Waals surface area contributed by atoms with E-state index < -0.39 is 0 Å². The molecule has 0 aromatic carbocycles. The fraction of sp³-hybridized carbons (Fsp3) is 0.625. The molecule has 3 aliphatic carbocycles. The lowest BCUT2D eigenvalue weighted by atomic mass is 9.88. The van der Waals surface area contributed by atoms with E-state index in [0.29, 0.717) is 5.54 Å². The molecule has 0 heterocycles. The first kappa shape index (κ1) is 5.21. The highest BCUT2D eigenvalue weighted by molar-refractivity contribution is 5.56. The summed E-state index contributed by atoms with van der Waals surface area (Å²) in [4.78, 5) is 4.42. The van der Waals surface area contributed by atoms with Crippen molar-refractivity contribution in [2.75, 3.05) is 0 Å². The van der Waals surface area contributed by atoms with Crippen LogP contribution in [0.2, 0.25) is 0 Å². The number of nitrogens with zero attached hydrogens (tertiary/aromatic N) is 1. The van der Waals surface area contributed by atoms with E-state index in [1.165, 1.54) is 19.3 Å². The number of hydrogen-bond donors (Lipinski definition) is 0. The second kappa shape index (κ2) is 1.47. The predicted octanol–water partition coefficient (Wildman–Crippen LogP) is 1.94. The first-order valence-corrected chi connectivity index (χ1v) is 3.55. The van der Waals surface area contributed by atoms with E-state index in [0.717, 1.165) is 0 Å². The third-order valence-electron chi connectivity index (χ3n) is 2.27. The van der Waals surface area contributed by atoms with Crippen LogP contribution < -0.4 is 0 Å². The van der Waals surface area contributed by atoms with Crippen molar-refractivity contribution in [3.63, 3.8) is 0 Å². The zero-order valence-electron chi connectivity index (χ0n) is 5.72. The molecule has 0 aromatic heterocycles. The summed E-state index contributed by atoms with van der Waals surface area (Å²) in [6.07, 6.45) is 8.08. The minimum atomic E-state index is 0.296. The molecule has 1 atom stereocenters. The van der Waals surface area contributed by atoms with Gasteiger partial charge in [0.05, 0.1) is 5.54 Å². The molecular formula is C8H11N. The Balaban J connectivity index is 2.22. The second-order valence-corrected chi connectivity index (χ2v) is 2.97. The Labute approximate surface area is 55.5 Å². The van der Waals surface area contributed by atoms with E-state index in [-0.39, 0.29) is 0 Å². The fourth-order valence-electron chi connectivity index (χ4n) is 1.85. The molecule has 48 valence electrons. The van der Waals surface area contributed by atoms with Crippen molar-refractivity contribution in [3.05, 3.63) is 11.6 Å². The molecule has 0 amide bonds. The average molecular weight is 121 g/mol. The van der Waals surface area contributed by atoms with E-state index in [9.17, 15) is 0 Å². The lowest BCUT2D eigenvalue weighted by Gasteiger charge is -2.25. The van der Waals surface area contributed by atoms with Gasteiger partial charge in [-0.05, 0) is 32.4 Å². The molecule has 3 rings (SSSR count). The Morgan fingerprint density at radius 3 is 3.00 bits per heavy atom. The highest BCUT2D eigenvalue weighted by atomic mass is 14.9. The van der Waals surface area contributed by atoms with Gasteiger partial charge in [-0.2, -0.15) is 0 Å². The summed E-state index contributed by atoms with van der Waals surface area (Å²) in [6, 6.07) is 0. The van der Waals surface area contributed by atoms with Gasteiger partial charge < -0.3 is 0 Å². The van der Waals surface area contributed by atoms with E-state index in [1.54, 1.807) is 5.57 Å². The quantitative estimate of drug-likeness (QED) is 0.371. The molecule has 0 N–H and O–H groups in total. The topological polar surface area (TPSA) is 12.4 Å². The Morgan fingerprint density at radius 2 is 2.56 bits per heavy atom. The maximum absolute atomic E-state index is 4.42. The summed E-state index contributed by atoms with van der Waals surface area (Å²) in [6.45, 7) is 2.00. The van der Waals surface area contributed by atoms with Gasteiger partial charge in [0, 0.05) is 0 Å². The molecule has 0 saturated heterocycles. The Bertz CT molecular complexity index is 191. The van der Waals surface area contributed by atoms with Crippen molar-refractivity contribution >= 4 is 6.21 Å². The van der Waals surface area contributed by atoms with E-state index >= 15 is 0 Å². The van der Waals surface area contributed by atoms with Gasteiger partial charge in [-0.15, -0.1) is 0 Å². The van der Waals surface area contributed by atoms with Gasteiger partial charge in [0.1, 0.15) is 0 Å². The first-order chi connectivity index (χ1) is 4.35. The highest BCUT2D eigenvalue weighted by Gasteiger charge is 2.41. The molecular weight excluding hydrogens is 110 g/mol. The van der Waals surface area contributed by atoms with E-state index in [1.807, 2.05) is 13.1 Å².